The minimum Gasteiger partial charge on any atom is -0.396 e. The van der Waals surface area contributed by atoms with Gasteiger partial charge in [-0.15, -0.1) is 0 Å². The van der Waals surface area contributed by atoms with Crippen LogP contribution in [0.5, 0.6) is 0 Å². The van der Waals surface area contributed by atoms with Crippen molar-refractivity contribution in [2.45, 2.75) is 18.9 Å². The quantitative estimate of drug-likeness (QED) is 0.513. The molecular formula is C9H15NO3. The van der Waals surface area contributed by atoms with Gasteiger partial charge in [0.2, 0.25) is 5.91 Å². The first kappa shape index (κ1) is 10.2. The van der Waals surface area contributed by atoms with E-state index in [-0.39, 0.29) is 30.6 Å². The molecule has 0 aliphatic heterocycles. The summed E-state index contributed by atoms with van der Waals surface area (Å²) in [7, 11) is 0. The number of hydrogen-bond acceptors (Lipinski definition) is 3. The van der Waals surface area contributed by atoms with Crippen LogP contribution in [-0.4, -0.2) is 35.4 Å². The van der Waals surface area contributed by atoms with Gasteiger partial charge in [-0.05, 0) is 18.9 Å². The zero-order chi connectivity index (χ0) is 9.90. The van der Waals surface area contributed by atoms with E-state index in [1.165, 1.54) is 6.08 Å². The molecule has 1 amide bonds. The van der Waals surface area contributed by atoms with Crippen molar-refractivity contribution in [3.05, 3.63) is 12.7 Å². The minimum absolute atomic E-state index is 0.0238. The summed E-state index contributed by atoms with van der Waals surface area (Å²) < 4.78 is 0. The van der Waals surface area contributed by atoms with Crippen molar-refractivity contribution in [3.8, 4) is 0 Å². The lowest BCUT2D eigenvalue weighted by atomic mass is 9.66. The summed E-state index contributed by atoms with van der Waals surface area (Å²) in [5, 5.41) is 20.6. The number of carbonyl (C=O) groups excluding carboxylic acids is 1. The molecule has 4 nitrogen and oxygen atoms in total. The van der Waals surface area contributed by atoms with E-state index in [2.05, 4.69) is 11.9 Å². The minimum atomic E-state index is -0.376. The second-order valence-corrected chi connectivity index (χ2v) is 3.63. The van der Waals surface area contributed by atoms with Crippen LogP contribution >= 0.6 is 0 Å². The Labute approximate surface area is 77.3 Å². The molecule has 1 aliphatic carbocycles. The summed E-state index contributed by atoms with van der Waals surface area (Å²) in [6.07, 6.45) is 2.50. The van der Waals surface area contributed by atoms with Gasteiger partial charge in [0, 0.05) is 11.5 Å². The third kappa shape index (κ3) is 2.08. The lowest BCUT2D eigenvalue weighted by Gasteiger charge is -2.45. The lowest BCUT2D eigenvalue weighted by molar-refractivity contribution is -0.120. The van der Waals surface area contributed by atoms with Crippen LogP contribution < -0.4 is 5.32 Å². The van der Waals surface area contributed by atoms with Gasteiger partial charge in [-0.1, -0.05) is 6.58 Å². The number of rotatable bonds is 4. The van der Waals surface area contributed by atoms with Crippen LogP contribution in [0.3, 0.4) is 0 Å². The maximum atomic E-state index is 10.8. The molecule has 74 valence electrons. The van der Waals surface area contributed by atoms with Crippen molar-refractivity contribution in [1.29, 1.82) is 0 Å². The Bertz CT molecular complexity index is 203. The number of hydrogen-bond donors (Lipinski definition) is 3. The van der Waals surface area contributed by atoms with E-state index in [1.54, 1.807) is 0 Å². The van der Waals surface area contributed by atoms with Gasteiger partial charge in [0.15, 0.2) is 0 Å². The van der Waals surface area contributed by atoms with Gasteiger partial charge in [-0.25, -0.2) is 0 Å². The standard InChI is InChI=1S/C9H15NO3/c1-2-8(13)10-7-3-9(4-7,5-11)6-12/h2,7,11-12H,1,3-6H2,(H,10,13). The van der Waals surface area contributed by atoms with E-state index in [0.717, 1.165) is 0 Å². The van der Waals surface area contributed by atoms with Crippen LogP contribution in [0.15, 0.2) is 12.7 Å². The SMILES string of the molecule is C=CC(=O)NC1CC(CO)(CO)C1. The Morgan fingerprint density at radius 3 is 2.46 bits per heavy atom. The third-order valence-electron chi connectivity index (χ3n) is 2.56. The van der Waals surface area contributed by atoms with Crippen molar-refractivity contribution in [2.24, 2.45) is 5.41 Å². The Morgan fingerprint density at radius 1 is 1.54 bits per heavy atom. The van der Waals surface area contributed by atoms with Gasteiger partial charge >= 0.3 is 0 Å². The zero-order valence-electron chi connectivity index (χ0n) is 7.49. The molecule has 0 aromatic rings. The first-order valence-electron chi connectivity index (χ1n) is 4.30. The average molecular weight is 185 g/mol. The van der Waals surface area contributed by atoms with E-state index in [9.17, 15) is 4.79 Å². The Hall–Kier alpha value is -0.870. The summed E-state index contributed by atoms with van der Waals surface area (Å²) >= 11 is 0. The van der Waals surface area contributed by atoms with Crippen LogP contribution in [0.2, 0.25) is 0 Å². The first-order valence-corrected chi connectivity index (χ1v) is 4.30. The molecule has 0 spiro atoms. The number of amides is 1. The highest BCUT2D eigenvalue weighted by Crippen LogP contribution is 2.40. The van der Waals surface area contributed by atoms with Gasteiger partial charge < -0.3 is 15.5 Å². The largest absolute Gasteiger partial charge is 0.396 e. The second-order valence-electron chi connectivity index (χ2n) is 3.63. The lowest BCUT2D eigenvalue weighted by Crippen LogP contribution is -2.53. The molecule has 4 heteroatoms. The predicted molar refractivity (Wildman–Crippen MR) is 48.0 cm³/mol. The first-order chi connectivity index (χ1) is 6.15. The molecule has 0 saturated heterocycles. The molecule has 0 aromatic heterocycles. The molecular weight excluding hydrogens is 170 g/mol. The topological polar surface area (TPSA) is 69.6 Å². The van der Waals surface area contributed by atoms with Crippen molar-refractivity contribution >= 4 is 5.91 Å². The van der Waals surface area contributed by atoms with Crippen molar-refractivity contribution in [2.75, 3.05) is 13.2 Å². The van der Waals surface area contributed by atoms with Gasteiger partial charge in [0.05, 0.1) is 13.2 Å². The molecule has 0 aromatic carbocycles. The summed E-state index contributed by atoms with van der Waals surface area (Å²) in [5.74, 6) is -0.200. The van der Waals surface area contributed by atoms with E-state index in [0.29, 0.717) is 12.8 Å². The molecule has 0 radical (unpaired) electrons. The van der Waals surface area contributed by atoms with Gasteiger partial charge in [0.1, 0.15) is 0 Å². The van der Waals surface area contributed by atoms with Gasteiger partial charge in [0.25, 0.3) is 0 Å². The normalized spacial score (nSPS) is 20.5. The average Bonchev–Trinajstić information content (AvgIpc) is 2.10. The number of carbonyl (C=O) groups is 1. The maximum absolute atomic E-state index is 10.8. The Balaban J connectivity index is 2.31. The van der Waals surface area contributed by atoms with E-state index >= 15 is 0 Å². The number of nitrogens with one attached hydrogen (secondary N) is 1. The molecule has 13 heavy (non-hydrogen) atoms. The zero-order valence-corrected chi connectivity index (χ0v) is 7.49. The number of aliphatic hydroxyl groups is 2. The molecule has 1 rings (SSSR count). The monoisotopic (exact) mass is 185 g/mol. The molecule has 0 heterocycles. The molecule has 1 fully saturated rings. The Kier molecular flexibility index (Phi) is 3.06. The third-order valence-corrected chi connectivity index (χ3v) is 2.56. The van der Waals surface area contributed by atoms with Crippen LogP contribution in [0.1, 0.15) is 12.8 Å². The fourth-order valence-electron chi connectivity index (χ4n) is 1.66. The Morgan fingerprint density at radius 2 is 2.08 bits per heavy atom. The van der Waals surface area contributed by atoms with E-state index < -0.39 is 0 Å². The smallest absolute Gasteiger partial charge is 0.243 e. The maximum Gasteiger partial charge on any atom is 0.243 e. The highest BCUT2D eigenvalue weighted by molar-refractivity contribution is 5.87. The van der Waals surface area contributed by atoms with Crippen LogP contribution in [0, 0.1) is 5.41 Å². The fraction of sp³-hybridized carbons (Fsp3) is 0.667. The van der Waals surface area contributed by atoms with E-state index in [1.807, 2.05) is 0 Å². The van der Waals surface area contributed by atoms with Gasteiger partial charge in [-0.2, -0.15) is 0 Å². The van der Waals surface area contributed by atoms with Gasteiger partial charge in [-0.3, -0.25) is 4.79 Å². The number of aliphatic hydroxyl groups excluding tert-OH is 2. The highest BCUT2D eigenvalue weighted by atomic mass is 16.3. The summed E-state index contributed by atoms with van der Waals surface area (Å²) in [5.41, 5.74) is -0.376. The van der Waals surface area contributed by atoms with E-state index in [4.69, 9.17) is 10.2 Å². The summed E-state index contributed by atoms with van der Waals surface area (Å²) in [4.78, 5) is 10.8. The molecule has 0 atom stereocenters. The highest BCUT2D eigenvalue weighted by Gasteiger charge is 2.43. The summed E-state index contributed by atoms with van der Waals surface area (Å²) in [6, 6.07) is 0.0739. The van der Waals surface area contributed by atoms with Crippen LogP contribution in [-0.2, 0) is 4.79 Å². The molecule has 3 N–H and O–H groups in total. The molecule has 0 unspecified atom stereocenters. The molecule has 1 aliphatic rings. The summed E-state index contributed by atoms with van der Waals surface area (Å²) in [6.45, 7) is 3.29. The molecule has 1 saturated carbocycles. The predicted octanol–water partition coefficient (Wildman–Crippen LogP) is -0.578. The van der Waals surface area contributed by atoms with Crippen molar-refractivity contribution in [3.63, 3.8) is 0 Å². The van der Waals surface area contributed by atoms with Crippen molar-refractivity contribution < 1.29 is 15.0 Å². The fourth-order valence-corrected chi connectivity index (χ4v) is 1.66. The van der Waals surface area contributed by atoms with Crippen LogP contribution in [0.25, 0.3) is 0 Å². The van der Waals surface area contributed by atoms with Crippen molar-refractivity contribution in [1.82, 2.24) is 5.32 Å². The molecule has 0 bridgehead atoms. The second kappa shape index (κ2) is 3.89. The van der Waals surface area contributed by atoms with Crippen LogP contribution in [0.4, 0.5) is 0 Å².